The molecule has 0 unspecified atom stereocenters. The molecule has 1 aliphatic heterocycles. The van der Waals surface area contributed by atoms with Gasteiger partial charge in [-0.3, -0.25) is 4.79 Å². The molecule has 1 fully saturated rings. The van der Waals surface area contributed by atoms with Gasteiger partial charge in [-0.15, -0.1) is 11.8 Å². The minimum absolute atomic E-state index is 0.333. The fourth-order valence-electron chi connectivity index (χ4n) is 2.57. The molecule has 0 bridgehead atoms. The van der Waals surface area contributed by atoms with E-state index in [1.807, 2.05) is 36.2 Å². The van der Waals surface area contributed by atoms with Crippen molar-refractivity contribution in [3.63, 3.8) is 0 Å². The van der Waals surface area contributed by atoms with Crippen molar-refractivity contribution in [1.29, 1.82) is 0 Å². The topological polar surface area (TPSA) is 72.1 Å². The predicted molar refractivity (Wildman–Crippen MR) is 93.1 cm³/mol. The molecule has 2 N–H and O–H groups in total. The number of amides is 1. The highest BCUT2D eigenvalue weighted by Gasteiger charge is 2.23. The van der Waals surface area contributed by atoms with Crippen LogP contribution in [0.4, 0.5) is 5.82 Å². The third kappa shape index (κ3) is 3.95. The number of carbonyl (C=O) groups is 1. The van der Waals surface area contributed by atoms with Crippen molar-refractivity contribution in [3.05, 3.63) is 47.2 Å². The summed E-state index contributed by atoms with van der Waals surface area (Å²) in [5.74, 6) is 0.203. The van der Waals surface area contributed by atoms with Gasteiger partial charge in [-0.05, 0) is 31.0 Å². The Hall–Kier alpha value is -1.79. The average Bonchev–Trinajstić information content (AvgIpc) is 2.56. The Morgan fingerprint density at radius 2 is 2.09 bits per heavy atom. The third-order valence-corrected chi connectivity index (χ3v) is 5.34. The molecule has 2 aromatic heterocycles. The monoisotopic (exact) mass is 348 g/mol. The van der Waals surface area contributed by atoms with Crippen LogP contribution < -0.4 is 10.6 Å². The molecule has 3 heterocycles. The highest BCUT2D eigenvalue weighted by molar-refractivity contribution is 7.99. The molecule has 120 valence electrons. The number of hydrogen-bond donors (Lipinski definition) is 1. The summed E-state index contributed by atoms with van der Waals surface area (Å²) in [6.45, 7) is 1.76. The van der Waals surface area contributed by atoms with E-state index in [-0.39, 0.29) is 0 Å². The van der Waals surface area contributed by atoms with Crippen molar-refractivity contribution in [2.75, 3.05) is 18.0 Å². The maximum absolute atomic E-state index is 11.2. The number of anilines is 1. The molecule has 7 heteroatoms. The maximum atomic E-state index is 11.2. The normalized spacial score (nSPS) is 15.6. The summed E-state index contributed by atoms with van der Waals surface area (Å²) < 4.78 is 0. The van der Waals surface area contributed by atoms with Crippen LogP contribution >= 0.6 is 23.4 Å². The number of piperidine rings is 1. The van der Waals surface area contributed by atoms with E-state index in [1.54, 1.807) is 6.07 Å². The zero-order valence-corrected chi connectivity index (χ0v) is 14.1. The Labute approximate surface area is 144 Å². The van der Waals surface area contributed by atoms with E-state index in [0.717, 1.165) is 36.8 Å². The Kier molecular flexibility index (Phi) is 5.03. The number of carbonyl (C=O) groups excluding carboxylic acids is 1. The van der Waals surface area contributed by atoms with E-state index in [2.05, 4.69) is 14.9 Å². The number of aromatic nitrogens is 2. The first-order valence-electron chi connectivity index (χ1n) is 7.41. The second-order valence-corrected chi connectivity index (χ2v) is 7.09. The SMILES string of the molecule is NC(=O)c1cnc(N2CCC(Sc3ccccn3)CC2)c(Cl)c1. The van der Waals surface area contributed by atoms with Crippen LogP contribution in [0.2, 0.25) is 5.02 Å². The largest absolute Gasteiger partial charge is 0.366 e. The number of primary amides is 1. The molecule has 1 saturated heterocycles. The minimum atomic E-state index is -0.517. The van der Waals surface area contributed by atoms with Gasteiger partial charge in [0.2, 0.25) is 5.91 Å². The van der Waals surface area contributed by atoms with Crippen LogP contribution in [0, 0.1) is 0 Å². The van der Waals surface area contributed by atoms with Crippen molar-refractivity contribution in [2.45, 2.75) is 23.1 Å². The molecule has 3 rings (SSSR count). The van der Waals surface area contributed by atoms with Gasteiger partial charge in [-0.1, -0.05) is 17.7 Å². The van der Waals surface area contributed by atoms with Crippen LogP contribution in [0.5, 0.6) is 0 Å². The second kappa shape index (κ2) is 7.19. The molecule has 0 atom stereocenters. The van der Waals surface area contributed by atoms with Gasteiger partial charge in [0.05, 0.1) is 15.6 Å². The average molecular weight is 349 g/mol. The molecule has 1 aliphatic rings. The van der Waals surface area contributed by atoms with E-state index >= 15 is 0 Å². The highest BCUT2D eigenvalue weighted by atomic mass is 35.5. The van der Waals surface area contributed by atoms with Gasteiger partial charge in [0.25, 0.3) is 0 Å². The smallest absolute Gasteiger partial charge is 0.250 e. The number of pyridine rings is 2. The second-order valence-electron chi connectivity index (χ2n) is 5.37. The van der Waals surface area contributed by atoms with E-state index in [0.29, 0.717) is 15.8 Å². The lowest BCUT2D eigenvalue weighted by atomic mass is 10.1. The van der Waals surface area contributed by atoms with Crippen LogP contribution in [-0.4, -0.2) is 34.2 Å². The van der Waals surface area contributed by atoms with E-state index in [9.17, 15) is 4.79 Å². The number of hydrogen-bond acceptors (Lipinski definition) is 5. The zero-order chi connectivity index (χ0) is 16.2. The Morgan fingerprint density at radius 3 is 2.70 bits per heavy atom. The summed E-state index contributed by atoms with van der Waals surface area (Å²) in [7, 11) is 0. The number of nitrogens with zero attached hydrogens (tertiary/aromatic N) is 3. The van der Waals surface area contributed by atoms with Gasteiger partial charge in [0.1, 0.15) is 5.82 Å². The lowest BCUT2D eigenvalue weighted by Gasteiger charge is -2.32. The first-order chi connectivity index (χ1) is 11.1. The number of halogens is 1. The van der Waals surface area contributed by atoms with Crippen molar-refractivity contribution in [2.24, 2.45) is 5.73 Å². The van der Waals surface area contributed by atoms with Crippen molar-refractivity contribution >= 4 is 35.1 Å². The fraction of sp³-hybridized carbons (Fsp3) is 0.312. The van der Waals surface area contributed by atoms with Crippen molar-refractivity contribution in [1.82, 2.24) is 9.97 Å². The standard InChI is InChI=1S/C16H17ClN4OS/c17-13-9-11(15(18)22)10-20-16(13)21-7-4-12(5-8-21)23-14-3-1-2-6-19-14/h1-3,6,9-10,12H,4-5,7-8H2,(H2,18,22). The quantitative estimate of drug-likeness (QED) is 0.919. The summed E-state index contributed by atoms with van der Waals surface area (Å²) in [4.78, 5) is 22.0. The van der Waals surface area contributed by atoms with Crippen LogP contribution in [0.15, 0.2) is 41.7 Å². The highest BCUT2D eigenvalue weighted by Crippen LogP contribution is 2.32. The molecule has 0 radical (unpaired) electrons. The molecular weight excluding hydrogens is 332 g/mol. The van der Waals surface area contributed by atoms with Gasteiger partial charge in [0, 0.05) is 30.7 Å². The fourth-order valence-corrected chi connectivity index (χ4v) is 3.92. The summed E-state index contributed by atoms with van der Waals surface area (Å²) in [5.41, 5.74) is 5.58. The minimum Gasteiger partial charge on any atom is -0.366 e. The first-order valence-corrected chi connectivity index (χ1v) is 8.67. The van der Waals surface area contributed by atoms with Gasteiger partial charge < -0.3 is 10.6 Å². The van der Waals surface area contributed by atoms with Gasteiger partial charge in [-0.25, -0.2) is 9.97 Å². The van der Waals surface area contributed by atoms with E-state index in [1.165, 1.54) is 6.20 Å². The molecule has 0 aromatic carbocycles. The lowest BCUT2D eigenvalue weighted by molar-refractivity contribution is 0.1000. The van der Waals surface area contributed by atoms with Crippen LogP contribution in [0.1, 0.15) is 23.2 Å². The third-order valence-electron chi connectivity index (χ3n) is 3.77. The number of rotatable bonds is 4. The summed E-state index contributed by atoms with van der Waals surface area (Å²) in [5, 5.41) is 2.08. The molecule has 23 heavy (non-hydrogen) atoms. The molecule has 0 saturated carbocycles. The summed E-state index contributed by atoms with van der Waals surface area (Å²) in [6.07, 6.45) is 5.38. The Balaban J connectivity index is 1.62. The van der Waals surface area contributed by atoms with Crippen LogP contribution in [0.25, 0.3) is 0 Å². The van der Waals surface area contributed by atoms with Crippen molar-refractivity contribution < 1.29 is 4.79 Å². The number of nitrogens with two attached hydrogens (primary N) is 1. The molecule has 0 aliphatic carbocycles. The molecule has 0 spiro atoms. The molecular formula is C16H17ClN4OS. The molecule has 5 nitrogen and oxygen atoms in total. The van der Waals surface area contributed by atoms with E-state index < -0.39 is 5.91 Å². The number of thioether (sulfide) groups is 1. The first kappa shape index (κ1) is 16.1. The molecule has 1 amide bonds. The van der Waals surface area contributed by atoms with Gasteiger partial charge in [0.15, 0.2) is 0 Å². The van der Waals surface area contributed by atoms with Crippen LogP contribution in [-0.2, 0) is 0 Å². The van der Waals surface area contributed by atoms with Crippen LogP contribution in [0.3, 0.4) is 0 Å². The van der Waals surface area contributed by atoms with Crippen molar-refractivity contribution in [3.8, 4) is 0 Å². The van der Waals surface area contributed by atoms with E-state index in [4.69, 9.17) is 17.3 Å². The lowest BCUT2D eigenvalue weighted by Crippen LogP contribution is -2.35. The Bertz CT molecular complexity index is 690. The Morgan fingerprint density at radius 1 is 1.30 bits per heavy atom. The summed E-state index contributed by atoms with van der Waals surface area (Å²) in [6, 6.07) is 7.56. The van der Waals surface area contributed by atoms with Gasteiger partial charge in [-0.2, -0.15) is 0 Å². The molecule has 2 aromatic rings. The summed E-state index contributed by atoms with van der Waals surface area (Å²) >= 11 is 8.07. The van der Waals surface area contributed by atoms with Gasteiger partial charge >= 0.3 is 0 Å². The maximum Gasteiger partial charge on any atom is 0.250 e. The predicted octanol–water partition coefficient (Wildman–Crippen LogP) is 2.99. The zero-order valence-electron chi connectivity index (χ0n) is 12.5.